The number of carbonyl (C=O) groups excluding carboxylic acids is 1. The Morgan fingerprint density at radius 2 is 2.15 bits per heavy atom. The highest BCUT2D eigenvalue weighted by atomic mass is 16.4. The van der Waals surface area contributed by atoms with Crippen LogP contribution in [0.25, 0.3) is 0 Å². The Kier molecular flexibility index (Phi) is 2.74. The summed E-state index contributed by atoms with van der Waals surface area (Å²) in [6.07, 6.45) is 2.34. The number of carboxylic acid groups (broad SMARTS) is 1. The molecule has 0 aromatic heterocycles. The van der Waals surface area contributed by atoms with Crippen molar-refractivity contribution >= 4 is 11.8 Å². The van der Waals surface area contributed by atoms with Crippen LogP contribution >= 0.6 is 0 Å². The van der Waals surface area contributed by atoms with Gasteiger partial charge in [-0.3, -0.25) is 9.59 Å². The van der Waals surface area contributed by atoms with Gasteiger partial charge < -0.3 is 5.11 Å². The Morgan fingerprint density at radius 1 is 1.62 bits per heavy atom. The summed E-state index contributed by atoms with van der Waals surface area (Å²) < 4.78 is 0. The molecule has 1 saturated carbocycles. The van der Waals surface area contributed by atoms with E-state index in [0.717, 1.165) is 12.8 Å². The van der Waals surface area contributed by atoms with Gasteiger partial charge in [-0.1, -0.05) is 20.3 Å². The molecule has 0 saturated heterocycles. The average Bonchev–Trinajstić information content (AvgIpc) is 1.98. The van der Waals surface area contributed by atoms with E-state index >= 15 is 0 Å². The van der Waals surface area contributed by atoms with Crippen molar-refractivity contribution in [1.82, 2.24) is 0 Å². The Bertz CT molecular complexity index is 224. The maximum Gasteiger partial charge on any atom is 0.310 e. The number of aliphatic carboxylic acids is 1. The minimum absolute atomic E-state index is 0.0883. The number of carbonyl (C=O) groups is 2. The van der Waals surface area contributed by atoms with Gasteiger partial charge in [-0.15, -0.1) is 0 Å². The fraction of sp³-hybridized carbons (Fsp3) is 0.800. The molecule has 1 atom stereocenters. The van der Waals surface area contributed by atoms with Crippen LogP contribution in [-0.2, 0) is 9.59 Å². The van der Waals surface area contributed by atoms with E-state index in [1.807, 2.05) is 13.8 Å². The summed E-state index contributed by atoms with van der Waals surface area (Å²) in [5, 5.41) is 9.05. The lowest BCUT2D eigenvalue weighted by Gasteiger charge is -2.41. The first-order chi connectivity index (χ1) is 6.03. The Hall–Kier alpha value is -0.860. The summed E-state index contributed by atoms with van der Waals surface area (Å²) in [4.78, 5) is 21.9. The third kappa shape index (κ3) is 1.60. The minimum atomic E-state index is -0.798. The Labute approximate surface area is 78.1 Å². The zero-order valence-corrected chi connectivity index (χ0v) is 8.17. The van der Waals surface area contributed by atoms with Gasteiger partial charge in [-0.2, -0.15) is 0 Å². The molecule has 0 aromatic rings. The molecular weight excluding hydrogens is 168 g/mol. The van der Waals surface area contributed by atoms with Crippen molar-refractivity contribution in [2.75, 3.05) is 0 Å². The van der Waals surface area contributed by atoms with Crippen molar-refractivity contribution in [1.29, 1.82) is 0 Å². The van der Waals surface area contributed by atoms with E-state index in [-0.39, 0.29) is 24.5 Å². The van der Waals surface area contributed by atoms with E-state index in [2.05, 4.69) is 0 Å². The van der Waals surface area contributed by atoms with Crippen LogP contribution < -0.4 is 0 Å². The quantitative estimate of drug-likeness (QED) is 0.725. The standard InChI is InChI=1S/C10H16O3/c1-3-4-7(2)10(9(12)13)5-8(11)6-10/h7H,3-6H2,1-2H3,(H,12,13). The van der Waals surface area contributed by atoms with Crippen molar-refractivity contribution in [2.45, 2.75) is 39.5 Å². The van der Waals surface area contributed by atoms with Crippen LogP contribution in [0, 0.1) is 11.3 Å². The highest BCUT2D eigenvalue weighted by Crippen LogP contribution is 2.46. The number of Topliss-reactive ketones (excluding diaryl/α,β-unsaturated/α-hetero) is 1. The molecule has 0 radical (unpaired) electrons. The average molecular weight is 184 g/mol. The molecule has 0 aliphatic heterocycles. The van der Waals surface area contributed by atoms with Gasteiger partial charge in [0.05, 0.1) is 5.41 Å². The van der Waals surface area contributed by atoms with E-state index in [4.69, 9.17) is 5.11 Å². The predicted octanol–water partition coefficient (Wildman–Crippen LogP) is 1.86. The minimum Gasteiger partial charge on any atom is -0.481 e. The van der Waals surface area contributed by atoms with Gasteiger partial charge >= 0.3 is 5.97 Å². The largest absolute Gasteiger partial charge is 0.481 e. The van der Waals surface area contributed by atoms with Crippen LogP contribution in [0.3, 0.4) is 0 Å². The number of carboxylic acids is 1. The molecule has 1 rings (SSSR count). The number of ketones is 1. The summed E-state index contributed by atoms with van der Waals surface area (Å²) >= 11 is 0. The van der Waals surface area contributed by atoms with Crippen molar-refractivity contribution in [3.8, 4) is 0 Å². The first-order valence-corrected chi connectivity index (χ1v) is 4.78. The van der Waals surface area contributed by atoms with Gasteiger partial charge in [0.25, 0.3) is 0 Å². The maximum absolute atomic E-state index is 11.0. The van der Waals surface area contributed by atoms with E-state index in [1.165, 1.54) is 0 Å². The molecule has 3 heteroatoms. The van der Waals surface area contributed by atoms with Gasteiger partial charge in [0.1, 0.15) is 5.78 Å². The molecule has 0 aromatic carbocycles. The second kappa shape index (κ2) is 3.48. The maximum atomic E-state index is 11.0. The zero-order valence-electron chi connectivity index (χ0n) is 8.17. The second-order valence-corrected chi connectivity index (χ2v) is 4.04. The van der Waals surface area contributed by atoms with Gasteiger partial charge in [0, 0.05) is 12.8 Å². The molecular formula is C10H16O3. The van der Waals surface area contributed by atoms with E-state index in [9.17, 15) is 9.59 Å². The van der Waals surface area contributed by atoms with Crippen molar-refractivity contribution in [3.63, 3.8) is 0 Å². The molecule has 0 bridgehead atoms. The van der Waals surface area contributed by atoms with Gasteiger partial charge in [0.2, 0.25) is 0 Å². The molecule has 0 spiro atoms. The highest BCUT2D eigenvalue weighted by molar-refractivity contribution is 5.97. The third-order valence-corrected chi connectivity index (χ3v) is 3.12. The third-order valence-electron chi connectivity index (χ3n) is 3.12. The molecule has 1 unspecified atom stereocenters. The lowest BCUT2D eigenvalue weighted by Crippen LogP contribution is -2.48. The molecule has 1 aliphatic carbocycles. The molecule has 1 N–H and O–H groups in total. The number of rotatable bonds is 4. The zero-order chi connectivity index (χ0) is 10.1. The first-order valence-electron chi connectivity index (χ1n) is 4.78. The van der Waals surface area contributed by atoms with Crippen LogP contribution in [0.15, 0.2) is 0 Å². The van der Waals surface area contributed by atoms with Crippen molar-refractivity contribution in [3.05, 3.63) is 0 Å². The molecule has 74 valence electrons. The monoisotopic (exact) mass is 184 g/mol. The van der Waals surface area contributed by atoms with Gasteiger partial charge in [0.15, 0.2) is 0 Å². The number of hydrogen-bond acceptors (Lipinski definition) is 2. The van der Waals surface area contributed by atoms with Crippen LogP contribution in [0.4, 0.5) is 0 Å². The first kappa shape index (κ1) is 10.2. The fourth-order valence-corrected chi connectivity index (χ4v) is 2.07. The summed E-state index contributed by atoms with van der Waals surface area (Å²) in [7, 11) is 0. The molecule has 3 nitrogen and oxygen atoms in total. The predicted molar refractivity (Wildman–Crippen MR) is 48.4 cm³/mol. The van der Waals surface area contributed by atoms with E-state index in [1.54, 1.807) is 0 Å². The topological polar surface area (TPSA) is 54.4 Å². The molecule has 13 heavy (non-hydrogen) atoms. The van der Waals surface area contributed by atoms with Gasteiger partial charge in [-0.25, -0.2) is 0 Å². The summed E-state index contributed by atoms with van der Waals surface area (Å²) in [5.41, 5.74) is -0.729. The van der Waals surface area contributed by atoms with Crippen LogP contribution in [-0.4, -0.2) is 16.9 Å². The lowest BCUT2D eigenvalue weighted by molar-refractivity contribution is -0.165. The smallest absolute Gasteiger partial charge is 0.310 e. The Balaban J connectivity index is 2.69. The summed E-state index contributed by atoms with van der Waals surface area (Å²) in [6.45, 7) is 3.97. The molecule has 1 fully saturated rings. The fourth-order valence-electron chi connectivity index (χ4n) is 2.07. The lowest BCUT2D eigenvalue weighted by atomic mass is 9.60. The highest BCUT2D eigenvalue weighted by Gasteiger charge is 2.53. The van der Waals surface area contributed by atoms with Crippen LogP contribution in [0.2, 0.25) is 0 Å². The second-order valence-electron chi connectivity index (χ2n) is 4.04. The normalized spacial score (nSPS) is 22.2. The summed E-state index contributed by atoms with van der Waals surface area (Å²) in [6, 6.07) is 0. The van der Waals surface area contributed by atoms with E-state index in [0.29, 0.717) is 0 Å². The molecule has 0 heterocycles. The molecule has 0 amide bonds. The van der Waals surface area contributed by atoms with Gasteiger partial charge in [-0.05, 0) is 12.3 Å². The van der Waals surface area contributed by atoms with Crippen molar-refractivity contribution in [2.24, 2.45) is 11.3 Å². The van der Waals surface area contributed by atoms with E-state index < -0.39 is 11.4 Å². The molecule has 1 aliphatic rings. The number of hydrogen-bond donors (Lipinski definition) is 1. The Morgan fingerprint density at radius 3 is 2.46 bits per heavy atom. The SMILES string of the molecule is CCCC(C)C1(C(=O)O)CC(=O)C1. The van der Waals surface area contributed by atoms with Crippen LogP contribution in [0.5, 0.6) is 0 Å². The van der Waals surface area contributed by atoms with Crippen molar-refractivity contribution < 1.29 is 14.7 Å². The summed E-state index contributed by atoms with van der Waals surface area (Å²) in [5.74, 6) is -0.592. The van der Waals surface area contributed by atoms with Crippen LogP contribution in [0.1, 0.15) is 39.5 Å².